The summed E-state index contributed by atoms with van der Waals surface area (Å²) in [4.78, 5) is 4.29. The van der Waals surface area contributed by atoms with Gasteiger partial charge in [0.2, 0.25) is 0 Å². The van der Waals surface area contributed by atoms with Gasteiger partial charge in [-0.25, -0.2) is 4.98 Å². The number of pyridine rings is 1. The van der Waals surface area contributed by atoms with Crippen LogP contribution in [0.3, 0.4) is 0 Å². The molecule has 0 fully saturated rings. The third-order valence-electron chi connectivity index (χ3n) is 2.57. The predicted octanol–water partition coefficient (Wildman–Crippen LogP) is 1.94. The molecule has 0 spiro atoms. The summed E-state index contributed by atoms with van der Waals surface area (Å²) in [6.45, 7) is 6.25. The molecule has 0 aromatic carbocycles. The topological polar surface area (TPSA) is 71.2 Å². The normalized spacial score (nSPS) is 14.5. The Morgan fingerprint density at radius 1 is 1.50 bits per heavy atom. The quantitative estimate of drug-likeness (QED) is 0.713. The maximum atomic E-state index is 9.98. The van der Waals surface area contributed by atoms with Crippen LogP contribution < -0.4 is 11.1 Å². The van der Waals surface area contributed by atoms with Crippen LogP contribution in [0.5, 0.6) is 0 Å². The van der Waals surface area contributed by atoms with Crippen LogP contribution in [-0.2, 0) is 0 Å². The minimum Gasteiger partial charge on any atom is -0.397 e. The van der Waals surface area contributed by atoms with Crippen molar-refractivity contribution in [3.05, 3.63) is 17.8 Å². The highest BCUT2D eigenvalue weighted by Crippen LogP contribution is 2.15. The molecule has 4 heteroatoms. The molecule has 0 saturated heterocycles. The second-order valence-electron chi connectivity index (χ2n) is 4.47. The summed E-state index contributed by atoms with van der Waals surface area (Å²) in [6, 6.07) is 3.64. The van der Waals surface area contributed by atoms with Crippen LogP contribution in [0, 0.1) is 6.92 Å². The fraction of sp³-hybridized carbons (Fsp3) is 0.583. The van der Waals surface area contributed by atoms with Gasteiger partial charge in [0.25, 0.3) is 0 Å². The standard InChI is InChI=1S/C12H21N3O/c1-4-7-12(3,16)8-14-11-6-5-10(13)9(2)15-11/h5-6,16H,4,7-8,13H2,1-3H3,(H,14,15). The van der Waals surface area contributed by atoms with Gasteiger partial charge in [-0.3, -0.25) is 0 Å². The van der Waals surface area contributed by atoms with Crippen LogP contribution in [0.2, 0.25) is 0 Å². The molecule has 4 nitrogen and oxygen atoms in total. The molecule has 16 heavy (non-hydrogen) atoms. The van der Waals surface area contributed by atoms with Crippen molar-refractivity contribution >= 4 is 11.5 Å². The monoisotopic (exact) mass is 223 g/mol. The van der Waals surface area contributed by atoms with Crippen LogP contribution in [0.1, 0.15) is 32.4 Å². The molecule has 1 atom stereocenters. The zero-order valence-electron chi connectivity index (χ0n) is 10.2. The molecule has 1 rings (SSSR count). The van der Waals surface area contributed by atoms with E-state index in [4.69, 9.17) is 5.73 Å². The highest BCUT2D eigenvalue weighted by atomic mass is 16.3. The number of hydrogen-bond acceptors (Lipinski definition) is 4. The van der Waals surface area contributed by atoms with Gasteiger partial charge in [0.05, 0.1) is 17.0 Å². The molecule has 1 aromatic rings. The molecule has 0 aliphatic rings. The molecule has 1 unspecified atom stereocenters. The minimum absolute atomic E-state index is 0.497. The lowest BCUT2D eigenvalue weighted by atomic mass is 10.0. The van der Waals surface area contributed by atoms with Crippen molar-refractivity contribution < 1.29 is 5.11 Å². The fourth-order valence-electron chi connectivity index (χ4n) is 1.58. The van der Waals surface area contributed by atoms with Gasteiger partial charge in [-0.05, 0) is 32.4 Å². The summed E-state index contributed by atoms with van der Waals surface area (Å²) in [7, 11) is 0. The number of nitrogens with two attached hydrogens (primary N) is 1. The Bertz CT molecular complexity index is 350. The number of anilines is 2. The first-order valence-electron chi connectivity index (χ1n) is 5.64. The number of nitrogens with one attached hydrogen (secondary N) is 1. The highest BCUT2D eigenvalue weighted by Gasteiger charge is 2.18. The Balaban J connectivity index is 2.57. The zero-order chi connectivity index (χ0) is 12.2. The largest absolute Gasteiger partial charge is 0.397 e. The van der Waals surface area contributed by atoms with E-state index in [-0.39, 0.29) is 0 Å². The van der Waals surface area contributed by atoms with Crippen molar-refractivity contribution in [3.63, 3.8) is 0 Å². The summed E-state index contributed by atoms with van der Waals surface area (Å²) in [5.74, 6) is 0.753. The minimum atomic E-state index is -0.689. The Morgan fingerprint density at radius 3 is 2.75 bits per heavy atom. The average Bonchev–Trinajstić information content (AvgIpc) is 2.20. The van der Waals surface area contributed by atoms with E-state index in [0.717, 1.165) is 24.4 Å². The van der Waals surface area contributed by atoms with Gasteiger partial charge in [0.1, 0.15) is 5.82 Å². The molecular weight excluding hydrogens is 202 g/mol. The lowest BCUT2D eigenvalue weighted by Gasteiger charge is -2.23. The summed E-state index contributed by atoms with van der Waals surface area (Å²) in [5, 5.41) is 13.1. The fourth-order valence-corrected chi connectivity index (χ4v) is 1.58. The summed E-state index contributed by atoms with van der Waals surface area (Å²) in [6.07, 6.45) is 1.73. The molecule has 0 radical (unpaired) electrons. The van der Waals surface area contributed by atoms with Crippen molar-refractivity contribution in [1.29, 1.82) is 0 Å². The molecule has 0 aliphatic heterocycles. The van der Waals surface area contributed by atoms with Gasteiger partial charge < -0.3 is 16.2 Å². The number of aryl methyl sites for hydroxylation is 1. The van der Waals surface area contributed by atoms with Crippen molar-refractivity contribution in [2.75, 3.05) is 17.6 Å². The lowest BCUT2D eigenvalue weighted by Crippen LogP contribution is -2.33. The summed E-state index contributed by atoms with van der Waals surface area (Å²) in [5.41, 5.74) is 6.48. The molecule has 90 valence electrons. The van der Waals surface area contributed by atoms with Crippen LogP contribution in [0.25, 0.3) is 0 Å². The Labute approximate surface area is 96.9 Å². The molecule has 0 bridgehead atoms. The van der Waals surface area contributed by atoms with E-state index in [0.29, 0.717) is 12.2 Å². The van der Waals surface area contributed by atoms with Gasteiger partial charge in [-0.1, -0.05) is 13.3 Å². The molecule has 0 amide bonds. The number of nitrogens with zero attached hydrogens (tertiary/aromatic N) is 1. The van der Waals surface area contributed by atoms with Crippen LogP contribution >= 0.6 is 0 Å². The van der Waals surface area contributed by atoms with Crippen molar-refractivity contribution in [2.24, 2.45) is 0 Å². The highest BCUT2D eigenvalue weighted by molar-refractivity contribution is 5.49. The van der Waals surface area contributed by atoms with Crippen molar-refractivity contribution in [2.45, 2.75) is 39.2 Å². The third-order valence-corrected chi connectivity index (χ3v) is 2.57. The Kier molecular flexibility index (Phi) is 4.12. The van der Waals surface area contributed by atoms with Crippen molar-refractivity contribution in [3.8, 4) is 0 Å². The van der Waals surface area contributed by atoms with E-state index < -0.39 is 5.60 Å². The van der Waals surface area contributed by atoms with E-state index in [2.05, 4.69) is 17.2 Å². The molecular formula is C12H21N3O. The van der Waals surface area contributed by atoms with E-state index >= 15 is 0 Å². The van der Waals surface area contributed by atoms with Gasteiger partial charge in [0.15, 0.2) is 0 Å². The number of aromatic nitrogens is 1. The third kappa shape index (κ3) is 3.70. The van der Waals surface area contributed by atoms with Gasteiger partial charge in [-0.15, -0.1) is 0 Å². The van der Waals surface area contributed by atoms with Gasteiger partial charge in [-0.2, -0.15) is 0 Å². The van der Waals surface area contributed by atoms with Crippen LogP contribution in [0.15, 0.2) is 12.1 Å². The summed E-state index contributed by atoms with van der Waals surface area (Å²) >= 11 is 0. The van der Waals surface area contributed by atoms with Crippen LogP contribution in [0.4, 0.5) is 11.5 Å². The zero-order valence-corrected chi connectivity index (χ0v) is 10.2. The average molecular weight is 223 g/mol. The SMILES string of the molecule is CCCC(C)(O)CNc1ccc(N)c(C)n1. The van der Waals surface area contributed by atoms with E-state index in [1.165, 1.54) is 0 Å². The predicted molar refractivity (Wildman–Crippen MR) is 67.4 cm³/mol. The smallest absolute Gasteiger partial charge is 0.126 e. The first-order valence-corrected chi connectivity index (χ1v) is 5.64. The van der Waals surface area contributed by atoms with Gasteiger partial charge >= 0.3 is 0 Å². The number of aliphatic hydroxyl groups is 1. The maximum Gasteiger partial charge on any atom is 0.126 e. The van der Waals surface area contributed by atoms with E-state index in [9.17, 15) is 5.11 Å². The molecule has 1 aromatic heterocycles. The Hall–Kier alpha value is -1.29. The number of rotatable bonds is 5. The first-order chi connectivity index (χ1) is 7.44. The maximum absolute atomic E-state index is 9.98. The second kappa shape index (κ2) is 5.16. The van der Waals surface area contributed by atoms with Crippen LogP contribution in [-0.4, -0.2) is 22.2 Å². The second-order valence-corrected chi connectivity index (χ2v) is 4.47. The molecule has 4 N–H and O–H groups in total. The number of hydrogen-bond donors (Lipinski definition) is 3. The number of nitrogen functional groups attached to an aromatic ring is 1. The van der Waals surface area contributed by atoms with E-state index in [1.54, 1.807) is 0 Å². The lowest BCUT2D eigenvalue weighted by molar-refractivity contribution is 0.0636. The molecule has 0 aliphatic carbocycles. The Morgan fingerprint density at radius 2 is 2.19 bits per heavy atom. The molecule has 0 saturated carbocycles. The van der Waals surface area contributed by atoms with E-state index in [1.807, 2.05) is 26.0 Å². The molecule has 1 heterocycles. The summed E-state index contributed by atoms with van der Waals surface area (Å²) < 4.78 is 0. The van der Waals surface area contributed by atoms with Crippen molar-refractivity contribution in [1.82, 2.24) is 4.98 Å². The first kappa shape index (κ1) is 12.8. The van der Waals surface area contributed by atoms with Gasteiger partial charge in [0, 0.05) is 6.54 Å².